The van der Waals surface area contributed by atoms with Gasteiger partial charge in [-0.2, -0.15) is 0 Å². The van der Waals surface area contributed by atoms with E-state index in [1.807, 2.05) is 0 Å². The Morgan fingerprint density at radius 3 is 2.19 bits per heavy atom. The lowest BCUT2D eigenvalue weighted by Crippen LogP contribution is -2.14. The highest BCUT2D eigenvalue weighted by atomic mass is 32.2. The molecule has 0 aliphatic rings. The van der Waals surface area contributed by atoms with E-state index in [0.29, 0.717) is 11.4 Å². The van der Waals surface area contributed by atoms with Gasteiger partial charge in [0, 0.05) is 11.8 Å². The van der Waals surface area contributed by atoms with Crippen molar-refractivity contribution in [2.24, 2.45) is 0 Å². The zero-order chi connectivity index (χ0) is 19.6. The zero-order valence-corrected chi connectivity index (χ0v) is 14.8. The molecule has 0 aliphatic carbocycles. The van der Waals surface area contributed by atoms with Crippen molar-refractivity contribution in [3.8, 4) is 0 Å². The van der Waals surface area contributed by atoms with Crippen molar-refractivity contribution < 1.29 is 21.6 Å². The van der Waals surface area contributed by atoms with Crippen LogP contribution in [0.5, 0.6) is 0 Å². The van der Waals surface area contributed by atoms with E-state index in [-0.39, 0.29) is 16.3 Å². The molecule has 0 spiro atoms. The number of rotatable bonds is 5. The van der Waals surface area contributed by atoms with Crippen LogP contribution in [0, 0.1) is 24.4 Å². The normalized spacial score (nSPS) is 11.3. The first-order valence-corrected chi connectivity index (χ1v) is 9.20. The second-order valence-corrected chi connectivity index (χ2v) is 7.38. The Morgan fingerprint density at radius 1 is 0.852 bits per heavy atom. The predicted molar refractivity (Wildman–Crippen MR) is 95.8 cm³/mol. The Labute approximate surface area is 153 Å². The average molecular weight is 393 g/mol. The molecule has 0 unspecified atom stereocenters. The third kappa shape index (κ3) is 4.37. The first-order valence-electron chi connectivity index (χ1n) is 7.72. The van der Waals surface area contributed by atoms with E-state index in [4.69, 9.17) is 0 Å². The molecule has 0 saturated heterocycles. The lowest BCUT2D eigenvalue weighted by molar-refractivity contribution is 0.509. The molecule has 3 aromatic rings. The molecule has 0 bridgehead atoms. The molecule has 0 saturated carbocycles. The van der Waals surface area contributed by atoms with Crippen LogP contribution >= 0.6 is 0 Å². The van der Waals surface area contributed by atoms with Crippen LogP contribution in [0.3, 0.4) is 0 Å². The van der Waals surface area contributed by atoms with Gasteiger partial charge >= 0.3 is 0 Å². The number of hydrogen-bond donors (Lipinski definition) is 2. The van der Waals surface area contributed by atoms with Gasteiger partial charge in [-0.15, -0.1) is 0 Å². The van der Waals surface area contributed by atoms with Crippen molar-refractivity contribution in [3.05, 3.63) is 77.7 Å². The Kier molecular flexibility index (Phi) is 5.04. The fraction of sp³-hybridized carbons (Fsp3) is 0.0556. The van der Waals surface area contributed by atoms with Gasteiger partial charge in [0.15, 0.2) is 11.6 Å². The van der Waals surface area contributed by atoms with Gasteiger partial charge in [-0.3, -0.25) is 4.72 Å². The molecule has 5 nitrogen and oxygen atoms in total. The summed E-state index contributed by atoms with van der Waals surface area (Å²) in [6.45, 7) is 1.46. The fourth-order valence-electron chi connectivity index (χ4n) is 2.25. The van der Waals surface area contributed by atoms with Gasteiger partial charge in [-0.25, -0.2) is 26.6 Å². The van der Waals surface area contributed by atoms with Crippen LogP contribution in [-0.4, -0.2) is 13.4 Å². The largest absolute Gasteiger partial charge is 0.354 e. The Bertz CT molecular complexity index is 1090. The van der Waals surface area contributed by atoms with E-state index >= 15 is 0 Å². The molecule has 0 atom stereocenters. The Hall–Kier alpha value is -3.07. The summed E-state index contributed by atoms with van der Waals surface area (Å²) < 4.78 is 66.4. The Balaban J connectivity index is 1.74. The molecule has 2 aromatic carbocycles. The molecule has 0 aliphatic heterocycles. The zero-order valence-electron chi connectivity index (χ0n) is 14.0. The number of benzene rings is 2. The van der Waals surface area contributed by atoms with Gasteiger partial charge < -0.3 is 5.32 Å². The van der Waals surface area contributed by atoms with E-state index in [9.17, 15) is 21.6 Å². The second kappa shape index (κ2) is 7.28. The predicted octanol–water partition coefficient (Wildman–Crippen LogP) is 4.35. The maximum Gasteiger partial charge on any atom is 0.263 e. The maximum absolute atomic E-state index is 13.3. The molecule has 1 heterocycles. The van der Waals surface area contributed by atoms with E-state index in [1.165, 1.54) is 37.4 Å². The average Bonchev–Trinajstić information content (AvgIpc) is 2.62. The first-order chi connectivity index (χ1) is 12.7. The minimum atomic E-state index is -3.93. The molecule has 27 heavy (non-hydrogen) atoms. The summed E-state index contributed by atoms with van der Waals surface area (Å²) in [6, 6.07) is 9.69. The first kappa shape index (κ1) is 18.7. The number of nitrogens with one attached hydrogen (secondary N) is 2. The SMILES string of the molecule is Cc1cc(S(=O)(=O)Nc2ccc(Nc3ccc(F)c(F)c3)cn2)ccc1F. The number of hydrogen-bond acceptors (Lipinski definition) is 4. The monoisotopic (exact) mass is 393 g/mol. The van der Waals surface area contributed by atoms with Crippen LogP contribution in [0.15, 0.2) is 59.6 Å². The highest BCUT2D eigenvalue weighted by Crippen LogP contribution is 2.21. The third-order valence-electron chi connectivity index (χ3n) is 3.65. The third-order valence-corrected chi connectivity index (χ3v) is 5.00. The van der Waals surface area contributed by atoms with Crippen LogP contribution in [0.2, 0.25) is 0 Å². The quantitative estimate of drug-likeness (QED) is 0.676. The summed E-state index contributed by atoms with van der Waals surface area (Å²) in [5.41, 5.74) is 0.962. The van der Waals surface area contributed by atoms with Crippen molar-refractivity contribution in [1.82, 2.24) is 4.98 Å². The summed E-state index contributed by atoms with van der Waals surface area (Å²) in [4.78, 5) is 3.88. The summed E-state index contributed by atoms with van der Waals surface area (Å²) >= 11 is 0. The van der Waals surface area contributed by atoms with Crippen molar-refractivity contribution in [2.75, 3.05) is 10.0 Å². The lowest BCUT2D eigenvalue weighted by atomic mass is 10.2. The lowest BCUT2D eigenvalue weighted by Gasteiger charge is -2.10. The standard InChI is InChI=1S/C18H14F3N3O2S/c1-11-8-14(4-6-15(11)19)27(25,26)24-18-7-3-13(10-22-18)23-12-2-5-16(20)17(21)9-12/h2-10,23H,1H3,(H,22,24). The van der Waals surface area contributed by atoms with Crippen molar-refractivity contribution in [1.29, 1.82) is 0 Å². The molecule has 0 fully saturated rings. The maximum atomic E-state index is 13.3. The number of halogens is 3. The second-order valence-electron chi connectivity index (χ2n) is 5.70. The van der Waals surface area contributed by atoms with E-state index < -0.39 is 27.5 Å². The minimum absolute atomic E-state index is 0.0489. The molecule has 3 rings (SSSR count). The molecule has 0 radical (unpaired) electrons. The number of nitrogens with zero attached hydrogens (tertiary/aromatic N) is 1. The van der Waals surface area contributed by atoms with Gasteiger partial charge in [-0.1, -0.05) is 0 Å². The van der Waals surface area contributed by atoms with Crippen LogP contribution in [0.1, 0.15) is 5.56 Å². The van der Waals surface area contributed by atoms with Crippen LogP contribution in [-0.2, 0) is 10.0 Å². The number of aryl methyl sites for hydroxylation is 1. The van der Waals surface area contributed by atoms with Gasteiger partial charge in [-0.05, 0) is 55.0 Å². The van der Waals surface area contributed by atoms with Gasteiger partial charge in [0.05, 0.1) is 16.8 Å². The molecule has 1 aromatic heterocycles. The Morgan fingerprint density at radius 2 is 1.56 bits per heavy atom. The molecule has 0 amide bonds. The van der Waals surface area contributed by atoms with Gasteiger partial charge in [0.1, 0.15) is 11.6 Å². The molecule has 9 heteroatoms. The topological polar surface area (TPSA) is 71.1 Å². The highest BCUT2D eigenvalue weighted by Gasteiger charge is 2.16. The number of pyridine rings is 1. The van der Waals surface area contributed by atoms with Crippen molar-refractivity contribution in [2.45, 2.75) is 11.8 Å². The van der Waals surface area contributed by atoms with Crippen LogP contribution < -0.4 is 10.0 Å². The highest BCUT2D eigenvalue weighted by molar-refractivity contribution is 7.92. The van der Waals surface area contributed by atoms with Crippen molar-refractivity contribution in [3.63, 3.8) is 0 Å². The van der Waals surface area contributed by atoms with Crippen LogP contribution in [0.4, 0.5) is 30.4 Å². The number of sulfonamides is 1. The molecule has 2 N–H and O–H groups in total. The molecular formula is C18H14F3N3O2S. The van der Waals surface area contributed by atoms with E-state index in [2.05, 4.69) is 15.0 Å². The van der Waals surface area contributed by atoms with Gasteiger partial charge in [0.25, 0.3) is 10.0 Å². The van der Waals surface area contributed by atoms with E-state index in [1.54, 1.807) is 0 Å². The fourth-order valence-corrected chi connectivity index (χ4v) is 3.34. The number of anilines is 3. The molecular weight excluding hydrogens is 379 g/mol. The van der Waals surface area contributed by atoms with Crippen LogP contribution in [0.25, 0.3) is 0 Å². The summed E-state index contributed by atoms with van der Waals surface area (Å²) in [5.74, 6) is -2.40. The number of aromatic nitrogens is 1. The smallest absolute Gasteiger partial charge is 0.263 e. The minimum Gasteiger partial charge on any atom is -0.354 e. The van der Waals surface area contributed by atoms with Gasteiger partial charge in [0.2, 0.25) is 0 Å². The van der Waals surface area contributed by atoms with Crippen molar-refractivity contribution >= 4 is 27.2 Å². The summed E-state index contributed by atoms with van der Waals surface area (Å²) in [5, 5.41) is 2.82. The summed E-state index contributed by atoms with van der Waals surface area (Å²) in [6.07, 6.45) is 1.33. The molecule has 140 valence electrons. The summed E-state index contributed by atoms with van der Waals surface area (Å²) in [7, 11) is -3.93. The van der Waals surface area contributed by atoms with E-state index in [0.717, 1.165) is 24.3 Å².